The molecule has 0 heterocycles. The zero-order valence-corrected chi connectivity index (χ0v) is 23.8. The molecule has 0 aliphatic carbocycles. The van der Waals surface area contributed by atoms with Crippen LogP contribution in [0, 0.1) is 0 Å². The molecule has 8 heteroatoms. The molecule has 0 saturated heterocycles. The van der Waals surface area contributed by atoms with Crippen molar-refractivity contribution < 1.29 is 17.9 Å². The lowest BCUT2D eigenvalue weighted by atomic mass is 10.0. The standard InChI is InChI=1S/C27H29Br2NO4S/c1-4-12-30(2)35(31,32)26-10-8-23(9-11-26)27(29)24-14-21(17-28)13-22(15-24)19-34-18-20-6-5-7-25(16-20)33-3/h4-11,13-16,27H,1,12,17-19H2,2-3H3. The van der Waals surface area contributed by atoms with Gasteiger partial charge in [-0.2, -0.15) is 4.31 Å². The van der Waals surface area contributed by atoms with Gasteiger partial charge in [-0.25, -0.2) is 8.42 Å². The van der Waals surface area contributed by atoms with Crippen LogP contribution in [-0.2, 0) is 33.3 Å². The van der Waals surface area contributed by atoms with Gasteiger partial charge < -0.3 is 9.47 Å². The molecule has 1 unspecified atom stereocenters. The van der Waals surface area contributed by atoms with E-state index >= 15 is 0 Å². The number of rotatable bonds is 12. The Labute approximate surface area is 225 Å². The molecule has 5 nitrogen and oxygen atoms in total. The van der Waals surface area contributed by atoms with Crippen LogP contribution in [0.1, 0.15) is 32.6 Å². The Morgan fingerprint density at radius 1 is 0.971 bits per heavy atom. The number of ether oxygens (including phenoxy) is 2. The van der Waals surface area contributed by atoms with Gasteiger partial charge in [0.05, 0.1) is 30.0 Å². The summed E-state index contributed by atoms with van der Waals surface area (Å²) in [5, 5.41) is 0.719. The van der Waals surface area contributed by atoms with Gasteiger partial charge in [0, 0.05) is 18.9 Å². The second-order valence-electron chi connectivity index (χ2n) is 8.07. The Bertz CT molecular complexity index is 1250. The number of alkyl halides is 2. The number of nitrogens with zero attached hydrogens (tertiary/aromatic N) is 1. The molecule has 0 bridgehead atoms. The summed E-state index contributed by atoms with van der Waals surface area (Å²) in [6, 6.07) is 21.2. The van der Waals surface area contributed by atoms with Gasteiger partial charge in [-0.3, -0.25) is 0 Å². The van der Waals surface area contributed by atoms with Crippen molar-refractivity contribution in [2.45, 2.75) is 28.3 Å². The van der Waals surface area contributed by atoms with Crippen molar-refractivity contribution in [2.24, 2.45) is 0 Å². The van der Waals surface area contributed by atoms with Crippen molar-refractivity contribution in [3.8, 4) is 5.75 Å². The van der Waals surface area contributed by atoms with Gasteiger partial charge in [0.1, 0.15) is 5.75 Å². The van der Waals surface area contributed by atoms with Crippen molar-refractivity contribution >= 4 is 41.9 Å². The highest BCUT2D eigenvalue weighted by Gasteiger charge is 2.20. The highest BCUT2D eigenvalue weighted by molar-refractivity contribution is 9.09. The molecule has 0 aliphatic rings. The lowest BCUT2D eigenvalue weighted by molar-refractivity contribution is 0.107. The number of benzene rings is 3. The lowest BCUT2D eigenvalue weighted by Gasteiger charge is -2.17. The average Bonchev–Trinajstić information content (AvgIpc) is 2.88. The Hall–Kier alpha value is -1.97. The highest BCUT2D eigenvalue weighted by atomic mass is 79.9. The summed E-state index contributed by atoms with van der Waals surface area (Å²) in [4.78, 5) is 0.160. The fourth-order valence-electron chi connectivity index (χ4n) is 3.61. The molecule has 0 aliphatic heterocycles. The Kier molecular flexibility index (Phi) is 10.1. The van der Waals surface area contributed by atoms with Crippen molar-refractivity contribution in [3.05, 3.63) is 107 Å². The van der Waals surface area contributed by atoms with E-state index in [0.717, 1.165) is 38.9 Å². The van der Waals surface area contributed by atoms with Crippen molar-refractivity contribution in [2.75, 3.05) is 20.7 Å². The van der Waals surface area contributed by atoms with E-state index in [2.05, 4.69) is 56.6 Å². The normalized spacial score (nSPS) is 12.5. The Morgan fingerprint density at radius 2 is 1.66 bits per heavy atom. The minimum atomic E-state index is -3.55. The van der Waals surface area contributed by atoms with Crippen LogP contribution >= 0.6 is 31.9 Å². The minimum absolute atomic E-state index is 0.0960. The van der Waals surface area contributed by atoms with Crippen molar-refractivity contribution in [3.63, 3.8) is 0 Å². The topological polar surface area (TPSA) is 55.8 Å². The molecule has 0 saturated carbocycles. The summed E-state index contributed by atoms with van der Waals surface area (Å²) in [6.45, 7) is 4.82. The maximum absolute atomic E-state index is 12.7. The molecule has 186 valence electrons. The van der Waals surface area contributed by atoms with Crippen LogP contribution in [0.5, 0.6) is 5.75 Å². The number of halogens is 2. The molecule has 0 N–H and O–H groups in total. The Morgan fingerprint density at radius 3 is 2.31 bits per heavy atom. The lowest BCUT2D eigenvalue weighted by Crippen LogP contribution is -2.26. The molecule has 0 aromatic heterocycles. The molecular weight excluding hydrogens is 594 g/mol. The fraction of sp³-hybridized carbons (Fsp3) is 0.259. The molecule has 0 spiro atoms. The molecule has 0 radical (unpaired) electrons. The predicted molar refractivity (Wildman–Crippen MR) is 148 cm³/mol. The summed E-state index contributed by atoms with van der Waals surface area (Å²) in [6.07, 6.45) is 1.56. The van der Waals surface area contributed by atoms with E-state index in [0.29, 0.717) is 13.2 Å². The van der Waals surface area contributed by atoms with Crippen LogP contribution in [-0.4, -0.2) is 33.4 Å². The molecular formula is C27H29Br2NO4S. The van der Waals surface area contributed by atoms with E-state index in [1.54, 1.807) is 32.4 Å². The molecule has 35 heavy (non-hydrogen) atoms. The first kappa shape index (κ1) is 27.6. The third-order valence-corrected chi connectivity index (χ3v) is 9.00. The third kappa shape index (κ3) is 7.27. The molecule has 1 atom stereocenters. The van der Waals surface area contributed by atoms with Gasteiger partial charge in [-0.1, -0.05) is 80.4 Å². The number of methoxy groups -OCH3 is 1. The summed E-state index contributed by atoms with van der Waals surface area (Å²) in [7, 11) is -0.353. The quantitative estimate of drug-likeness (QED) is 0.169. The second kappa shape index (κ2) is 12.8. The summed E-state index contributed by atoms with van der Waals surface area (Å²) >= 11 is 7.36. The second-order valence-corrected chi connectivity index (χ2v) is 11.6. The largest absolute Gasteiger partial charge is 0.497 e. The van der Waals surface area contributed by atoms with Crippen LogP contribution in [0.25, 0.3) is 0 Å². The van der Waals surface area contributed by atoms with E-state index in [-0.39, 0.29) is 16.3 Å². The predicted octanol–water partition coefficient (Wildman–Crippen LogP) is 6.60. The molecule has 3 rings (SSSR count). The van der Waals surface area contributed by atoms with E-state index in [1.807, 2.05) is 36.4 Å². The first-order valence-electron chi connectivity index (χ1n) is 11.0. The summed E-state index contributed by atoms with van der Waals surface area (Å²) in [5.41, 5.74) is 5.28. The number of hydrogen-bond donors (Lipinski definition) is 0. The smallest absolute Gasteiger partial charge is 0.243 e. The number of hydrogen-bond acceptors (Lipinski definition) is 4. The Balaban J connectivity index is 1.75. The zero-order valence-electron chi connectivity index (χ0n) is 19.8. The molecule has 0 fully saturated rings. The third-order valence-electron chi connectivity index (χ3n) is 5.46. The van der Waals surface area contributed by atoms with Crippen molar-refractivity contribution in [1.29, 1.82) is 0 Å². The molecule has 3 aromatic rings. The van der Waals surface area contributed by atoms with Gasteiger partial charge >= 0.3 is 0 Å². The zero-order chi connectivity index (χ0) is 25.4. The van der Waals surface area contributed by atoms with E-state index < -0.39 is 10.0 Å². The number of likely N-dealkylation sites (N-methyl/N-ethyl adjacent to an activating group) is 1. The van der Waals surface area contributed by atoms with Crippen molar-refractivity contribution in [1.82, 2.24) is 4.31 Å². The van der Waals surface area contributed by atoms with Crippen LogP contribution in [0.15, 0.2) is 84.3 Å². The average molecular weight is 623 g/mol. The monoisotopic (exact) mass is 621 g/mol. The van der Waals surface area contributed by atoms with E-state index in [4.69, 9.17) is 9.47 Å². The molecule has 0 amide bonds. The number of sulfonamides is 1. The summed E-state index contributed by atoms with van der Waals surface area (Å²) in [5.74, 6) is 0.808. The van der Waals surface area contributed by atoms with E-state index in [1.165, 1.54) is 4.31 Å². The van der Waals surface area contributed by atoms with Crippen LogP contribution < -0.4 is 4.74 Å². The van der Waals surface area contributed by atoms with Crippen LogP contribution in [0.3, 0.4) is 0 Å². The first-order chi connectivity index (χ1) is 16.8. The van der Waals surface area contributed by atoms with Gasteiger partial charge in [0.25, 0.3) is 0 Å². The summed E-state index contributed by atoms with van der Waals surface area (Å²) < 4.78 is 37.9. The minimum Gasteiger partial charge on any atom is -0.497 e. The van der Waals surface area contributed by atoms with Gasteiger partial charge in [0.2, 0.25) is 10.0 Å². The van der Waals surface area contributed by atoms with E-state index in [9.17, 15) is 8.42 Å². The van der Waals surface area contributed by atoms with Crippen LogP contribution in [0.2, 0.25) is 0 Å². The molecule has 3 aromatic carbocycles. The fourth-order valence-corrected chi connectivity index (χ4v) is 5.64. The SMILES string of the molecule is C=CCN(C)S(=O)(=O)c1ccc(C(Br)c2cc(CBr)cc(COCc3cccc(OC)c3)c2)cc1. The van der Waals surface area contributed by atoms with Gasteiger partial charge in [0.15, 0.2) is 0 Å². The maximum atomic E-state index is 12.7. The maximum Gasteiger partial charge on any atom is 0.243 e. The first-order valence-corrected chi connectivity index (χ1v) is 14.5. The highest BCUT2D eigenvalue weighted by Crippen LogP contribution is 2.33. The van der Waals surface area contributed by atoms with Crippen LogP contribution in [0.4, 0.5) is 0 Å². The van der Waals surface area contributed by atoms with Gasteiger partial charge in [-0.15, -0.1) is 6.58 Å². The van der Waals surface area contributed by atoms with Gasteiger partial charge in [-0.05, 0) is 52.1 Å².